The van der Waals surface area contributed by atoms with E-state index in [0.717, 1.165) is 68.4 Å². The van der Waals surface area contributed by atoms with Crippen molar-refractivity contribution in [3.63, 3.8) is 0 Å². The predicted molar refractivity (Wildman–Crippen MR) is 234 cm³/mol. The van der Waals surface area contributed by atoms with Gasteiger partial charge in [-0.05, 0) is 113 Å². The maximum Gasteiger partial charge on any atom is 0.119 e. The minimum atomic E-state index is 0.489. The summed E-state index contributed by atoms with van der Waals surface area (Å²) in [5.41, 5.74) is 11.8. The molecule has 0 radical (unpaired) electrons. The highest BCUT2D eigenvalue weighted by Crippen LogP contribution is 2.35. The van der Waals surface area contributed by atoms with Gasteiger partial charge in [-0.25, -0.2) is 5.01 Å². The lowest BCUT2D eigenvalue weighted by Crippen LogP contribution is -2.10. The normalized spacial score (nSPS) is 10.9. The SMILES string of the molecule is C=Cc1ccc(COCCc2ccc(N(c3ccccc3)c3ccc(C=NN(c4ccccc4)c4ccc(OCc5ccc(C=C)cc5)cc4)cc3)cc2)cc1. The Morgan fingerprint density at radius 3 is 1.46 bits per heavy atom. The monoisotopic (exact) mass is 731 g/mol. The molecule has 0 amide bonds. The molecule has 0 saturated carbocycles. The van der Waals surface area contributed by atoms with Crippen LogP contribution in [-0.4, -0.2) is 12.8 Å². The summed E-state index contributed by atoms with van der Waals surface area (Å²) in [4.78, 5) is 2.27. The Kier molecular flexibility index (Phi) is 12.6. The van der Waals surface area contributed by atoms with E-state index in [2.05, 4.69) is 139 Å². The van der Waals surface area contributed by atoms with E-state index in [9.17, 15) is 0 Å². The van der Waals surface area contributed by atoms with Gasteiger partial charge in [-0.15, -0.1) is 0 Å². The first-order valence-corrected chi connectivity index (χ1v) is 18.8. The number of hydrogen-bond acceptors (Lipinski definition) is 5. The van der Waals surface area contributed by atoms with Gasteiger partial charge in [-0.2, -0.15) is 5.10 Å². The average Bonchev–Trinajstić information content (AvgIpc) is 3.27. The fourth-order valence-corrected chi connectivity index (χ4v) is 6.25. The standard InChI is InChI=1S/C51H45N3O2/c1-3-40-15-19-44(20-16-40)38-55-36-35-42-23-27-47(28-24-42)53(46-11-7-5-8-12-46)48-29-25-43(26-30-48)37-52-54(49-13-9-6-10-14-49)50-31-33-51(34-32-50)56-39-45-21-17-41(4-2)18-22-45/h3-34,37H,1-2,35-36,38-39H2. The van der Waals surface area contributed by atoms with Crippen LogP contribution in [0.5, 0.6) is 5.75 Å². The van der Waals surface area contributed by atoms with Crippen molar-refractivity contribution in [2.75, 3.05) is 16.5 Å². The molecule has 5 nitrogen and oxygen atoms in total. The summed E-state index contributed by atoms with van der Waals surface area (Å²) >= 11 is 0. The second-order valence-corrected chi connectivity index (χ2v) is 13.3. The zero-order valence-electron chi connectivity index (χ0n) is 31.5. The summed E-state index contributed by atoms with van der Waals surface area (Å²) in [5, 5.41) is 6.90. The summed E-state index contributed by atoms with van der Waals surface area (Å²) in [7, 11) is 0. The van der Waals surface area contributed by atoms with Gasteiger partial charge in [-0.3, -0.25) is 0 Å². The quantitative estimate of drug-likeness (QED) is 0.0531. The van der Waals surface area contributed by atoms with E-state index in [1.54, 1.807) is 0 Å². The van der Waals surface area contributed by atoms with Crippen LogP contribution < -0.4 is 14.6 Å². The molecule has 0 aromatic heterocycles. The molecule has 0 aliphatic heterocycles. The number of hydrazone groups is 1. The van der Waals surface area contributed by atoms with Crippen molar-refractivity contribution < 1.29 is 9.47 Å². The largest absolute Gasteiger partial charge is 0.489 e. The van der Waals surface area contributed by atoms with Crippen LogP contribution in [0, 0.1) is 0 Å². The van der Waals surface area contributed by atoms with Gasteiger partial charge in [0.15, 0.2) is 0 Å². The molecule has 5 heteroatoms. The third-order valence-electron chi connectivity index (χ3n) is 9.40. The number of ether oxygens (including phenoxy) is 2. The summed E-state index contributed by atoms with van der Waals surface area (Å²) in [5.74, 6) is 0.794. The van der Waals surface area contributed by atoms with Crippen molar-refractivity contribution in [3.8, 4) is 5.75 Å². The maximum atomic E-state index is 6.08. The molecule has 276 valence electrons. The lowest BCUT2D eigenvalue weighted by molar-refractivity contribution is 0.124. The summed E-state index contributed by atoms with van der Waals surface area (Å²) in [6, 6.07) is 62.4. The molecule has 56 heavy (non-hydrogen) atoms. The highest BCUT2D eigenvalue weighted by molar-refractivity contribution is 5.84. The molecule has 0 spiro atoms. The van der Waals surface area contributed by atoms with Crippen molar-refractivity contribution in [3.05, 3.63) is 229 Å². The Morgan fingerprint density at radius 1 is 0.446 bits per heavy atom. The number of benzene rings is 7. The first kappa shape index (κ1) is 37.4. The number of nitrogens with zero attached hydrogens (tertiary/aromatic N) is 3. The molecular formula is C51H45N3O2. The van der Waals surface area contributed by atoms with Crippen LogP contribution in [0.2, 0.25) is 0 Å². The second-order valence-electron chi connectivity index (χ2n) is 13.3. The molecule has 0 heterocycles. The Hall–Kier alpha value is -6.95. The molecule has 7 rings (SSSR count). The molecule has 0 fully saturated rings. The first-order chi connectivity index (χ1) is 27.6. The molecule has 7 aromatic carbocycles. The van der Waals surface area contributed by atoms with Crippen LogP contribution in [0.1, 0.15) is 33.4 Å². The lowest BCUT2D eigenvalue weighted by atomic mass is 10.1. The fraction of sp³-hybridized carbons (Fsp3) is 0.0784. The number of hydrogen-bond donors (Lipinski definition) is 0. The van der Waals surface area contributed by atoms with E-state index in [-0.39, 0.29) is 0 Å². The minimum absolute atomic E-state index is 0.489. The summed E-state index contributed by atoms with van der Waals surface area (Å²) < 4.78 is 12.1. The molecule has 0 atom stereocenters. The van der Waals surface area contributed by atoms with Gasteiger partial charge in [-0.1, -0.05) is 135 Å². The zero-order valence-corrected chi connectivity index (χ0v) is 31.5. The van der Waals surface area contributed by atoms with E-state index in [0.29, 0.717) is 19.8 Å². The lowest BCUT2D eigenvalue weighted by Gasteiger charge is -2.25. The molecule has 7 aromatic rings. The van der Waals surface area contributed by atoms with E-state index in [1.807, 2.05) is 84.0 Å². The third-order valence-corrected chi connectivity index (χ3v) is 9.40. The van der Waals surface area contributed by atoms with Gasteiger partial charge in [0.1, 0.15) is 12.4 Å². The molecule has 0 saturated heterocycles. The molecule has 0 bridgehead atoms. The van der Waals surface area contributed by atoms with Gasteiger partial charge in [0, 0.05) is 17.1 Å². The molecule has 0 aliphatic carbocycles. The molecule has 0 N–H and O–H groups in total. The van der Waals surface area contributed by atoms with Crippen LogP contribution in [0.15, 0.2) is 200 Å². The first-order valence-electron chi connectivity index (χ1n) is 18.8. The Labute approximate surface area is 330 Å². The Bertz CT molecular complexity index is 2300. The summed E-state index contributed by atoms with van der Waals surface area (Å²) in [6.45, 7) is 9.39. The summed E-state index contributed by atoms with van der Waals surface area (Å²) in [6.07, 6.45) is 6.43. The van der Waals surface area contributed by atoms with E-state index in [4.69, 9.17) is 14.6 Å². The van der Waals surface area contributed by atoms with Crippen molar-refractivity contribution in [2.45, 2.75) is 19.6 Å². The topological polar surface area (TPSA) is 37.3 Å². The third kappa shape index (κ3) is 9.97. The van der Waals surface area contributed by atoms with Gasteiger partial charge in [0.2, 0.25) is 0 Å². The highest BCUT2D eigenvalue weighted by Gasteiger charge is 2.13. The smallest absolute Gasteiger partial charge is 0.119 e. The van der Waals surface area contributed by atoms with Crippen LogP contribution >= 0.6 is 0 Å². The fourth-order valence-electron chi connectivity index (χ4n) is 6.25. The Balaban J connectivity index is 1.03. The van der Waals surface area contributed by atoms with Crippen molar-refractivity contribution in [1.29, 1.82) is 0 Å². The molecular weight excluding hydrogens is 687 g/mol. The van der Waals surface area contributed by atoms with Gasteiger partial charge in [0.25, 0.3) is 0 Å². The maximum absolute atomic E-state index is 6.08. The van der Waals surface area contributed by atoms with Crippen molar-refractivity contribution in [2.24, 2.45) is 5.10 Å². The van der Waals surface area contributed by atoms with Crippen LogP contribution in [0.3, 0.4) is 0 Å². The van der Waals surface area contributed by atoms with Crippen LogP contribution in [0.25, 0.3) is 12.2 Å². The molecule has 0 aliphatic rings. The zero-order chi connectivity index (χ0) is 38.4. The van der Waals surface area contributed by atoms with Crippen molar-refractivity contribution >= 4 is 46.8 Å². The molecule has 0 unspecified atom stereocenters. The van der Waals surface area contributed by atoms with E-state index in [1.165, 1.54) is 5.56 Å². The number of para-hydroxylation sites is 2. The van der Waals surface area contributed by atoms with E-state index < -0.39 is 0 Å². The number of anilines is 5. The highest BCUT2D eigenvalue weighted by atomic mass is 16.5. The minimum Gasteiger partial charge on any atom is -0.489 e. The second kappa shape index (κ2) is 18.9. The van der Waals surface area contributed by atoms with Crippen LogP contribution in [0.4, 0.5) is 28.4 Å². The number of rotatable bonds is 17. The van der Waals surface area contributed by atoms with Crippen LogP contribution in [-0.2, 0) is 24.4 Å². The van der Waals surface area contributed by atoms with E-state index >= 15 is 0 Å². The Morgan fingerprint density at radius 2 is 0.893 bits per heavy atom. The predicted octanol–water partition coefficient (Wildman–Crippen LogP) is 13.0. The van der Waals surface area contributed by atoms with Gasteiger partial charge >= 0.3 is 0 Å². The van der Waals surface area contributed by atoms with Gasteiger partial charge < -0.3 is 14.4 Å². The van der Waals surface area contributed by atoms with Gasteiger partial charge in [0.05, 0.1) is 30.8 Å². The van der Waals surface area contributed by atoms with Crippen molar-refractivity contribution in [1.82, 2.24) is 0 Å². The average molecular weight is 732 g/mol.